The third-order valence-corrected chi connectivity index (χ3v) is 8.82. The Morgan fingerprint density at radius 1 is 1.14 bits per heavy atom. The molecule has 7 heteroatoms. The highest BCUT2D eigenvalue weighted by molar-refractivity contribution is 7.90. The third kappa shape index (κ3) is 3.47. The van der Waals surface area contributed by atoms with Crippen LogP contribution in [0.5, 0.6) is 0 Å². The molecular formula is C22H29N3O3S. The maximum atomic E-state index is 12.7. The molecule has 1 heterocycles. The van der Waals surface area contributed by atoms with E-state index < -0.39 is 10.0 Å². The molecule has 1 N–H and O–H groups in total. The van der Waals surface area contributed by atoms with Crippen molar-refractivity contribution in [3.05, 3.63) is 29.8 Å². The molecule has 0 radical (unpaired) electrons. The summed E-state index contributed by atoms with van der Waals surface area (Å²) in [6.07, 6.45) is 8.39. The number of carbonyl (C=O) groups is 1. The van der Waals surface area contributed by atoms with Crippen LogP contribution >= 0.6 is 0 Å². The fraction of sp³-hybridized carbons (Fsp3) is 0.636. The first kappa shape index (κ1) is 19.1. The molecule has 29 heavy (non-hydrogen) atoms. The zero-order valence-corrected chi connectivity index (χ0v) is 17.7. The Labute approximate surface area is 172 Å². The zero-order valence-electron chi connectivity index (χ0n) is 16.9. The lowest BCUT2D eigenvalue weighted by molar-refractivity contribution is -0.135. The summed E-state index contributed by atoms with van der Waals surface area (Å²) in [5.74, 6) is 3.08. The molecule has 0 aromatic heterocycles. The lowest BCUT2D eigenvalue weighted by atomic mass is 9.49. The topological polar surface area (TPSA) is 78.8 Å². The normalized spacial score (nSPS) is 34.8. The van der Waals surface area contributed by atoms with Crippen molar-refractivity contribution in [2.45, 2.75) is 49.8 Å². The van der Waals surface area contributed by atoms with Gasteiger partial charge in [0.15, 0.2) is 0 Å². The molecule has 0 unspecified atom stereocenters. The Balaban J connectivity index is 1.20. The summed E-state index contributed by atoms with van der Waals surface area (Å²) >= 11 is 0. The highest BCUT2D eigenvalue weighted by Crippen LogP contribution is 2.60. The maximum absolute atomic E-state index is 12.7. The quantitative estimate of drug-likeness (QED) is 0.803. The zero-order chi connectivity index (χ0) is 20.2. The van der Waals surface area contributed by atoms with E-state index in [1.54, 1.807) is 24.3 Å². The third-order valence-electron chi connectivity index (χ3n) is 7.42. The summed E-state index contributed by atoms with van der Waals surface area (Å²) in [5, 5.41) is 0. The van der Waals surface area contributed by atoms with Crippen LogP contribution in [0.15, 0.2) is 34.2 Å². The van der Waals surface area contributed by atoms with Crippen LogP contribution < -0.4 is 4.72 Å². The molecular weight excluding hydrogens is 386 g/mol. The van der Waals surface area contributed by atoms with Crippen molar-refractivity contribution in [3.8, 4) is 0 Å². The number of benzene rings is 1. The maximum Gasteiger partial charge on any atom is 0.263 e. The SMILES string of the molecule is CN(CC12CC3CC(CC(C3)C1)C2)C(=O)CCN=C1NS(=O)(=O)c2ccccc21. The van der Waals surface area contributed by atoms with Crippen LogP contribution in [0, 0.1) is 23.2 Å². The van der Waals surface area contributed by atoms with E-state index in [9.17, 15) is 13.2 Å². The summed E-state index contributed by atoms with van der Waals surface area (Å²) in [6.45, 7) is 1.15. The molecule has 1 aromatic rings. The van der Waals surface area contributed by atoms with Crippen LogP contribution in [0.1, 0.15) is 50.5 Å². The lowest BCUT2D eigenvalue weighted by Crippen LogP contribution is -2.51. The second-order valence-corrected chi connectivity index (χ2v) is 11.4. The standard InChI is InChI=1S/C22H29N3O3S/c1-25(14-22-11-15-8-16(12-22)10-17(9-15)13-22)20(26)6-7-23-21-18-4-2-3-5-19(18)29(27,28)24-21/h2-5,15-17H,6-14H2,1H3,(H,23,24). The van der Waals surface area contributed by atoms with E-state index in [-0.39, 0.29) is 17.3 Å². The number of hydrogen-bond donors (Lipinski definition) is 1. The molecule has 1 amide bonds. The van der Waals surface area contributed by atoms with Crippen LogP contribution in [-0.4, -0.2) is 45.2 Å². The van der Waals surface area contributed by atoms with Gasteiger partial charge in [0.1, 0.15) is 5.84 Å². The van der Waals surface area contributed by atoms with Gasteiger partial charge in [-0.2, -0.15) is 0 Å². The minimum absolute atomic E-state index is 0.0965. The summed E-state index contributed by atoms with van der Waals surface area (Å²) < 4.78 is 26.8. The average molecular weight is 416 g/mol. The number of aliphatic imine (C=N–C) groups is 1. The van der Waals surface area contributed by atoms with E-state index in [4.69, 9.17) is 0 Å². The number of nitrogens with one attached hydrogen (secondary N) is 1. The fourth-order valence-corrected chi connectivity index (χ4v) is 8.03. The number of nitrogens with zero attached hydrogens (tertiary/aromatic N) is 2. The molecule has 0 spiro atoms. The molecule has 4 aliphatic carbocycles. The van der Waals surface area contributed by atoms with E-state index >= 15 is 0 Å². The number of sulfonamides is 1. The average Bonchev–Trinajstić information content (AvgIpc) is 2.91. The molecule has 1 aliphatic heterocycles. The molecule has 1 aromatic carbocycles. The fourth-order valence-electron chi connectivity index (χ4n) is 6.78. The van der Waals surface area contributed by atoms with Gasteiger partial charge in [0.25, 0.3) is 10.0 Å². The van der Waals surface area contributed by atoms with Gasteiger partial charge in [-0.1, -0.05) is 12.1 Å². The van der Waals surface area contributed by atoms with E-state index in [1.165, 1.54) is 38.5 Å². The van der Waals surface area contributed by atoms with Crippen molar-refractivity contribution in [2.24, 2.45) is 28.2 Å². The molecule has 5 aliphatic rings. The smallest absolute Gasteiger partial charge is 0.263 e. The van der Waals surface area contributed by atoms with Crippen LogP contribution in [0.25, 0.3) is 0 Å². The van der Waals surface area contributed by atoms with Gasteiger partial charge in [-0.05, 0) is 73.8 Å². The number of carbonyl (C=O) groups excluding carboxylic acids is 1. The van der Waals surface area contributed by atoms with Crippen LogP contribution in [0.4, 0.5) is 0 Å². The Bertz CT molecular complexity index is 934. The second-order valence-electron chi connectivity index (χ2n) is 9.75. The number of fused-ring (bicyclic) bond motifs is 1. The lowest BCUT2D eigenvalue weighted by Gasteiger charge is -2.57. The first-order valence-electron chi connectivity index (χ1n) is 10.7. The van der Waals surface area contributed by atoms with Gasteiger partial charge in [0.2, 0.25) is 5.91 Å². The predicted molar refractivity (Wildman–Crippen MR) is 111 cm³/mol. The number of hydrogen-bond acceptors (Lipinski definition) is 4. The summed E-state index contributed by atoms with van der Waals surface area (Å²) in [5.41, 5.74) is 0.923. The van der Waals surface area contributed by atoms with Gasteiger partial charge < -0.3 is 4.90 Å². The molecule has 6 rings (SSSR count). The molecule has 0 atom stereocenters. The van der Waals surface area contributed by atoms with E-state index in [1.807, 2.05) is 11.9 Å². The van der Waals surface area contributed by atoms with Crippen molar-refractivity contribution >= 4 is 21.8 Å². The monoisotopic (exact) mass is 415 g/mol. The van der Waals surface area contributed by atoms with Gasteiger partial charge in [0.05, 0.1) is 11.4 Å². The highest BCUT2D eigenvalue weighted by Gasteiger charge is 2.51. The Kier molecular flexibility index (Phi) is 4.49. The number of amidine groups is 1. The van der Waals surface area contributed by atoms with Crippen LogP contribution in [0.3, 0.4) is 0 Å². The minimum Gasteiger partial charge on any atom is -0.345 e. The second kappa shape index (κ2) is 6.83. The Morgan fingerprint density at radius 2 is 1.76 bits per heavy atom. The minimum atomic E-state index is -3.53. The van der Waals surface area contributed by atoms with E-state index in [2.05, 4.69) is 9.71 Å². The van der Waals surface area contributed by atoms with Gasteiger partial charge in [-0.25, -0.2) is 8.42 Å². The van der Waals surface area contributed by atoms with E-state index in [0.29, 0.717) is 23.2 Å². The molecule has 6 nitrogen and oxygen atoms in total. The molecule has 156 valence electrons. The predicted octanol–water partition coefficient (Wildman–Crippen LogP) is 2.79. The van der Waals surface area contributed by atoms with Crippen molar-refractivity contribution in [1.29, 1.82) is 0 Å². The van der Waals surface area contributed by atoms with E-state index in [0.717, 1.165) is 24.3 Å². The largest absolute Gasteiger partial charge is 0.345 e. The highest BCUT2D eigenvalue weighted by atomic mass is 32.2. The van der Waals surface area contributed by atoms with Gasteiger partial charge in [-0.15, -0.1) is 0 Å². The van der Waals surface area contributed by atoms with Crippen molar-refractivity contribution in [3.63, 3.8) is 0 Å². The molecule has 4 saturated carbocycles. The van der Waals surface area contributed by atoms with Gasteiger partial charge >= 0.3 is 0 Å². The van der Waals surface area contributed by atoms with Crippen molar-refractivity contribution in [2.75, 3.05) is 20.1 Å². The summed E-state index contributed by atoms with van der Waals surface area (Å²) in [7, 11) is -1.61. The first-order chi connectivity index (χ1) is 13.8. The Hall–Kier alpha value is -1.89. The van der Waals surface area contributed by atoms with Gasteiger partial charge in [-0.3, -0.25) is 14.5 Å². The summed E-state index contributed by atoms with van der Waals surface area (Å²) in [4.78, 5) is 19.3. The van der Waals surface area contributed by atoms with Crippen molar-refractivity contribution < 1.29 is 13.2 Å². The van der Waals surface area contributed by atoms with Crippen LogP contribution in [0.2, 0.25) is 0 Å². The summed E-state index contributed by atoms with van der Waals surface area (Å²) in [6, 6.07) is 6.81. The van der Waals surface area contributed by atoms with Crippen molar-refractivity contribution in [1.82, 2.24) is 9.62 Å². The molecule has 0 saturated heterocycles. The van der Waals surface area contributed by atoms with Gasteiger partial charge in [0, 0.05) is 25.6 Å². The molecule has 4 fully saturated rings. The van der Waals surface area contributed by atoms with Crippen LogP contribution in [-0.2, 0) is 14.8 Å². The Morgan fingerprint density at radius 3 is 2.41 bits per heavy atom. The number of amides is 1. The first-order valence-corrected chi connectivity index (χ1v) is 12.2. The number of rotatable bonds is 5. The molecule has 4 bridgehead atoms.